The minimum absolute atomic E-state index is 0.208. The molecule has 2 atom stereocenters. The zero-order valence-corrected chi connectivity index (χ0v) is 22.8. The molecule has 41 heavy (non-hydrogen) atoms. The summed E-state index contributed by atoms with van der Waals surface area (Å²) in [6, 6.07) is 14.9. The van der Waals surface area contributed by atoms with Crippen LogP contribution in [0.3, 0.4) is 0 Å². The number of amides is 3. The average Bonchev–Trinajstić information content (AvgIpc) is 3.58. The number of rotatable bonds is 2. The summed E-state index contributed by atoms with van der Waals surface area (Å²) in [5.41, 5.74) is 2.03. The molecule has 0 aliphatic carbocycles. The maximum Gasteiger partial charge on any atom is 0.274 e. The van der Waals surface area contributed by atoms with Crippen molar-refractivity contribution in [2.45, 2.75) is 18.7 Å². The van der Waals surface area contributed by atoms with Crippen molar-refractivity contribution >= 4 is 35.0 Å². The SMILES string of the molecule is COc1ccc2cc1OCC(=O)NCc1ccc(cc1)O[C@H]1CN(C(=O)c3cn4cc(Cl)ccc4n3)C[C@@H]1NC2=O. The molecule has 2 aromatic carbocycles. The molecule has 12 heteroatoms. The molecule has 2 N–H and O–H groups in total. The van der Waals surface area contributed by atoms with Crippen LogP contribution in [0.25, 0.3) is 5.65 Å². The molecule has 0 saturated carbocycles. The van der Waals surface area contributed by atoms with Crippen LogP contribution < -0.4 is 24.8 Å². The number of likely N-dealkylation sites (tertiary alicyclic amines) is 1. The fraction of sp³-hybridized carbons (Fsp3) is 0.241. The van der Waals surface area contributed by atoms with Gasteiger partial charge >= 0.3 is 0 Å². The number of ether oxygens (including phenoxy) is 3. The van der Waals surface area contributed by atoms with Crippen molar-refractivity contribution < 1.29 is 28.6 Å². The Morgan fingerprint density at radius 3 is 2.71 bits per heavy atom. The van der Waals surface area contributed by atoms with E-state index in [1.165, 1.54) is 13.2 Å². The molecule has 3 aliphatic heterocycles. The molecule has 4 bridgehead atoms. The van der Waals surface area contributed by atoms with Crippen molar-refractivity contribution in [3.63, 3.8) is 0 Å². The minimum atomic E-state index is -0.537. The van der Waals surface area contributed by atoms with Crippen molar-refractivity contribution in [3.05, 3.63) is 88.8 Å². The number of nitrogens with one attached hydrogen (secondary N) is 2. The Bertz CT molecular complexity index is 1640. The van der Waals surface area contributed by atoms with Crippen LogP contribution >= 0.6 is 11.6 Å². The molecule has 3 amide bonds. The lowest BCUT2D eigenvalue weighted by Crippen LogP contribution is -2.45. The van der Waals surface area contributed by atoms with Gasteiger partial charge in [-0.1, -0.05) is 23.7 Å². The van der Waals surface area contributed by atoms with Crippen LogP contribution in [0.1, 0.15) is 26.4 Å². The first-order valence-corrected chi connectivity index (χ1v) is 13.3. The van der Waals surface area contributed by atoms with Gasteiger partial charge in [0.15, 0.2) is 18.1 Å². The second kappa shape index (κ2) is 11.0. The lowest BCUT2D eigenvalue weighted by molar-refractivity contribution is -0.123. The number of aromatic nitrogens is 2. The third-order valence-electron chi connectivity index (χ3n) is 6.99. The van der Waals surface area contributed by atoms with Gasteiger partial charge in [0, 0.05) is 31.0 Å². The van der Waals surface area contributed by atoms with Crippen molar-refractivity contribution in [3.8, 4) is 17.2 Å². The number of imidazole rings is 1. The van der Waals surface area contributed by atoms with Crippen LogP contribution in [0, 0.1) is 0 Å². The van der Waals surface area contributed by atoms with Crippen LogP contribution in [0.4, 0.5) is 0 Å². The summed E-state index contributed by atoms with van der Waals surface area (Å²) in [4.78, 5) is 45.3. The Hall–Kier alpha value is -4.77. The molecule has 0 radical (unpaired) electrons. The summed E-state index contributed by atoms with van der Waals surface area (Å²) < 4.78 is 19.0. The van der Waals surface area contributed by atoms with Gasteiger partial charge in [-0.25, -0.2) is 4.98 Å². The number of pyridine rings is 1. The van der Waals surface area contributed by atoms with E-state index >= 15 is 0 Å². The van der Waals surface area contributed by atoms with Gasteiger partial charge in [-0.3, -0.25) is 14.4 Å². The van der Waals surface area contributed by atoms with Crippen LogP contribution in [0.5, 0.6) is 17.2 Å². The highest BCUT2D eigenvalue weighted by Crippen LogP contribution is 2.29. The van der Waals surface area contributed by atoms with Crippen LogP contribution in [0.2, 0.25) is 5.02 Å². The van der Waals surface area contributed by atoms with Gasteiger partial charge in [0.1, 0.15) is 23.2 Å². The van der Waals surface area contributed by atoms with Crippen molar-refractivity contribution in [2.24, 2.45) is 0 Å². The van der Waals surface area contributed by atoms with E-state index in [1.807, 2.05) is 12.1 Å². The number of methoxy groups -OCH3 is 1. The molecule has 3 aliphatic rings. The molecule has 0 unspecified atom stereocenters. The molecule has 210 valence electrons. The van der Waals surface area contributed by atoms with E-state index in [1.54, 1.807) is 58.1 Å². The summed E-state index contributed by atoms with van der Waals surface area (Å²) in [6.07, 6.45) is 2.77. The quantitative estimate of drug-likeness (QED) is 0.377. The lowest BCUT2D eigenvalue weighted by atomic mass is 10.1. The first-order valence-electron chi connectivity index (χ1n) is 12.9. The lowest BCUT2D eigenvalue weighted by Gasteiger charge is -2.21. The number of halogens is 1. The Balaban J connectivity index is 1.30. The zero-order valence-electron chi connectivity index (χ0n) is 22.0. The van der Waals surface area contributed by atoms with Crippen LogP contribution in [0.15, 0.2) is 67.0 Å². The topological polar surface area (TPSA) is 124 Å². The van der Waals surface area contributed by atoms with E-state index < -0.39 is 18.1 Å². The monoisotopic (exact) mass is 575 g/mol. The van der Waals surface area contributed by atoms with E-state index in [0.717, 1.165) is 5.56 Å². The van der Waals surface area contributed by atoms with Crippen molar-refractivity contribution in [2.75, 3.05) is 26.8 Å². The summed E-state index contributed by atoms with van der Waals surface area (Å²) in [6.45, 7) is 0.491. The van der Waals surface area contributed by atoms with Gasteiger partial charge < -0.3 is 34.1 Å². The Morgan fingerprint density at radius 2 is 1.90 bits per heavy atom. The highest BCUT2D eigenvalue weighted by atomic mass is 35.5. The number of benzene rings is 2. The number of carbonyl (C=O) groups is 3. The standard InChI is InChI=1S/C29H26ClN5O6/c1-39-23-8-4-18-10-24(23)40-16-27(36)31-11-17-2-6-20(7-3-17)41-25-15-35(13-21(25)33-28(18)37)29(38)22-14-34-12-19(30)5-9-26(34)32-22/h2-10,12,14,21,25H,11,13,15-16H2,1H3,(H,31,36)(H,33,37)/t21-,25-/m0/s1. The normalized spacial score (nSPS) is 19.0. The maximum atomic E-state index is 13.5. The summed E-state index contributed by atoms with van der Waals surface area (Å²) in [5.74, 6) is 0.210. The third-order valence-corrected chi connectivity index (χ3v) is 7.21. The molecule has 1 saturated heterocycles. The molecular formula is C29H26ClN5O6. The summed E-state index contributed by atoms with van der Waals surface area (Å²) in [7, 11) is 1.48. The number of fused-ring (bicyclic) bond motifs is 8. The molecular weight excluding hydrogens is 550 g/mol. The molecule has 1 fully saturated rings. The number of carbonyl (C=O) groups excluding carboxylic acids is 3. The average molecular weight is 576 g/mol. The molecule has 7 rings (SSSR count). The predicted molar refractivity (Wildman–Crippen MR) is 149 cm³/mol. The molecule has 2 aromatic heterocycles. The fourth-order valence-electron chi connectivity index (χ4n) is 4.87. The Kier molecular flexibility index (Phi) is 7.10. The van der Waals surface area contributed by atoms with Gasteiger partial charge in [-0.2, -0.15) is 0 Å². The second-order valence-corrected chi connectivity index (χ2v) is 10.2. The van der Waals surface area contributed by atoms with E-state index in [2.05, 4.69) is 15.6 Å². The third kappa shape index (κ3) is 5.62. The van der Waals surface area contributed by atoms with E-state index in [-0.39, 0.29) is 43.0 Å². The summed E-state index contributed by atoms with van der Waals surface area (Å²) in [5, 5.41) is 6.35. The number of hydrogen-bond acceptors (Lipinski definition) is 7. The minimum Gasteiger partial charge on any atom is -0.493 e. The first kappa shape index (κ1) is 26.5. The van der Waals surface area contributed by atoms with E-state index in [4.69, 9.17) is 25.8 Å². The van der Waals surface area contributed by atoms with E-state index in [0.29, 0.717) is 34.3 Å². The van der Waals surface area contributed by atoms with Gasteiger partial charge in [0.05, 0.1) is 24.7 Å². The molecule has 11 nitrogen and oxygen atoms in total. The first-order chi connectivity index (χ1) is 19.9. The van der Waals surface area contributed by atoms with Gasteiger partial charge in [-0.15, -0.1) is 0 Å². The van der Waals surface area contributed by atoms with Crippen LogP contribution in [-0.2, 0) is 11.3 Å². The van der Waals surface area contributed by atoms with Crippen LogP contribution in [-0.4, -0.2) is 71.0 Å². The smallest absolute Gasteiger partial charge is 0.274 e. The largest absolute Gasteiger partial charge is 0.493 e. The van der Waals surface area contributed by atoms with E-state index in [9.17, 15) is 14.4 Å². The second-order valence-electron chi connectivity index (χ2n) is 9.76. The highest BCUT2D eigenvalue weighted by Gasteiger charge is 2.39. The Labute approximate surface area is 240 Å². The maximum absolute atomic E-state index is 13.5. The zero-order chi connectivity index (χ0) is 28.5. The number of hydrogen-bond donors (Lipinski definition) is 2. The van der Waals surface area contributed by atoms with Gasteiger partial charge in [-0.05, 0) is 48.0 Å². The molecule has 4 aromatic rings. The van der Waals surface area contributed by atoms with Gasteiger partial charge in [0.2, 0.25) is 0 Å². The van der Waals surface area contributed by atoms with Gasteiger partial charge in [0.25, 0.3) is 17.7 Å². The van der Waals surface area contributed by atoms with Crippen molar-refractivity contribution in [1.29, 1.82) is 0 Å². The Morgan fingerprint density at radius 1 is 1.07 bits per heavy atom. The summed E-state index contributed by atoms with van der Waals surface area (Å²) >= 11 is 6.09. The predicted octanol–water partition coefficient (Wildman–Crippen LogP) is 2.71. The highest BCUT2D eigenvalue weighted by molar-refractivity contribution is 6.30. The number of nitrogens with zero attached hydrogens (tertiary/aromatic N) is 3. The fourth-order valence-corrected chi connectivity index (χ4v) is 5.03. The molecule has 5 heterocycles. The van der Waals surface area contributed by atoms with Crippen molar-refractivity contribution in [1.82, 2.24) is 24.9 Å². The molecule has 0 spiro atoms.